The van der Waals surface area contributed by atoms with E-state index in [4.69, 9.17) is 0 Å². The number of carbonyl (C=O) groups is 1. The van der Waals surface area contributed by atoms with Crippen molar-refractivity contribution in [3.05, 3.63) is 47.7 Å². The molecule has 2 aromatic rings. The fourth-order valence-electron chi connectivity index (χ4n) is 2.93. The maximum absolute atomic E-state index is 12.2. The Labute approximate surface area is 136 Å². The van der Waals surface area contributed by atoms with Crippen LogP contribution in [0.5, 0.6) is 0 Å². The molecule has 1 aliphatic heterocycles. The third kappa shape index (κ3) is 3.86. The Morgan fingerprint density at radius 3 is 2.83 bits per heavy atom. The van der Waals surface area contributed by atoms with E-state index in [1.807, 2.05) is 37.3 Å². The van der Waals surface area contributed by atoms with Gasteiger partial charge in [0.1, 0.15) is 0 Å². The molecule has 0 saturated carbocycles. The number of amides is 1. The third-order valence-electron chi connectivity index (χ3n) is 4.14. The lowest BCUT2D eigenvalue weighted by molar-refractivity contribution is 0.102. The van der Waals surface area contributed by atoms with E-state index in [1.54, 1.807) is 6.07 Å². The topological polar surface area (TPSA) is 58.1 Å². The van der Waals surface area contributed by atoms with Crippen LogP contribution in [0.25, 0.3) is 0 Å². The monoisotopic (exact) mass is 310 g/mol. The van der Waals surface area contributed by atoms with E-state index in [0.717, 1.165) is 30.2 Å². The molecule has 1 atom stereocenters. The highest BCUT2D eigenvalue weighted by atomic mass is 16.1. The molecular weight excluding hydrogens is 288 g/mol. The number of nitrogens with one attached hydrogen (secondary N) is 1. The van der Waals surface area contributed by atoms with Gasteiger partial charge in [-0.15, -0.1) is 10.2 Å². The van der Waals surface area contributed by atoms with E-state index in [-0.39, 0.29) is 5.91 Å². The van der Waals surface area contributed by atoms with E-state index < -0.39 is 0 Å². The van der Waals surface area contributed by atoms with Gasteiger partial charge in [-0.05, 0) is 55.5 Å². The minimum atomic E-state index is -0.235. The molecule has 0 aliphatic carbocycles. The highest BCUT2D eigenvalue weighted by Crippen LogP contribution is 2.20. The molecule has 0 radical (unpaired) electrons. The van der Waals surface area contributed by atoms with Gasteiger partial charge in [-0.25, -0.2) is 0 Å². The van der Waals surface area contributed by atoms with Gasteiger partial charge in [0, 0.05) is 18.8 Å². The Kier molecular flexibility index (Phi) is 4.55. The number of hydrogen-bond acceptors (Lipinski definition) is 4. The smallest absolute Gasteiger partial charge is 0.276 e. The molecule has 1 saturated heterocycles. The quantitative estimate of drug-likeness (QED) is 0.945. The maximum Gasteiger partial charge on any atom is 0.276 e. The first kappa shape index (κ1) is 15.5. The van der Waals surface area contributed by atoms with Crippen LogP contribution < -0.4 is 10.2 Å². The second-order valence-corrected chi connectivity index (χ2v) is 6.29. The van der Waals surface area contributed by atoms with Gasteiger partial charge in [0.2, 0.25) is 0 Å². The van der Waals surface area contributed by atoms with Crippen LogP contribution in [0.2, 0.25) is 0 Å². The average Bonchev–Trinajstić information content (AvgIpc) is 2.55. The fourth-order valence-corrected chi connectivity index (χ4v) is 2.93. The number of nitrogens with zero attached hydrogens (tertiary/aromatic N) is 3. The zero-order valence-corrected chi connectivity index (χ0v) is 13.6. The molecular formula is C18H22N4O. The van der Waals surface area contributed by atoms with Crippen LogP contribution in [0, 0.1) is 12.8 Å². The Bertz CT molecular complexity index is 684. The summed E-state index contributed by atoms with van der Waals surface area (Å²) in [4.78, 5) is 14.5. The SMILES string of the molecule is Cc1cccc(NC(=O)c2ccc(N3CCCC(C)C3)nn2)c1. The molecule has 5 nitrogen and oxygen atoms in total. The Balaban J connectivity index is 1.68. The Morgan fingerprint density at radius 1 is 1.26 bits per heavy atom. The zero-order chi connectivity index (χ0) is 16.2. The van der Waals surface area contributed by atoms with Crippen LogP contribution in [0.3, 0.4) is 0 Å². The van der Waals surface area contributed by atoms with Crippen molar-refractivity contribution in [2.24, 2.45) is 5.92 Å². The summed E-state index contributed by atoms with van der Waals surface area (Å²) in [5.74, 6) is 1.29. The highest BCUT2D eigenvalue weighted by Gasteiger charge is 2.18. The lowest BCUT2D eigenvalue weighted by Gasteiger charge is -2.31. The Morgan fingerprint density at radius 2 is 2.13 bits per heavy atom. The van der Waals surface area contributed by atoms with E-state index in [2.05, 4.69) is 27.3 Å². The first-order chi connectivity index (χ1) is 11.1. The van der Waals surface area contributed by atoms with Gasteiger partial charge in [-0.3, -0.25) is 4.79 Å². The van der Waals surface area contributed by atoms with Crippen molar-refractivity contribution in [2.75, 3.05) is 23.3 Å². The van der Waals surface area contributed by atoms with Crippen LogP contribution in [-0.4, -0.2) is 29.2 Å². The van der Waals surface area contributed by atoms with Crippen molar-refractivity contribution >= 4 is 17.4 Å². The number of aryl methyl sites for hydroxylation is 1. The minimum Gasteiger partial charge on any atom is -0.355 e. The van der Waals surface area contributed by atoms with Crippen molar-refractivity contribution in [3.8, 4) is 0 Å². The molecule has 120 valence electrons. The first-order valence-electron chi connectivity index (χ1n) is 8.08. The average molecular weight is 310 g/mol. The summed E-state index contributed by atoms with van der Waals surface area (Å²) in [6.07, 6.45) is 2.44. The number of anilines is 2. The summed E-state index contributed by atoms with van der Waals surface area (Å²) < 4.78 is 0. The van der Waals surface area contributed by atoms with E-state index >= 15 is 0 Å². The summed E-state index contributed by atoms with van der Waals surface area (Å²) in [7, 11) is 0. The van der Waals surface area contributed by atoms with Gasteiger partial charge in [0.25, 0.3) is 5.91 Å². The van der Waals surface area contributed by atoms with E-state index in [1.165, 1.54) is 12.8 Å². The van der Waals surface area contributed by atoms with Gasteiger partial charge in [-0.2, -0.15) is 0 Å². The number of rotatable bonds is 3. The molecule has 2 heterocycles. The standard InChI is InChI=1S/C18H22N4O/c1-13-5-3-7-15(11-13)19-18(23)16-8-9-17(21-20-16)22-10-4-6-14(2)12-22/h3,5,7-9,11,14H,4,6,10,12H2,1-2H3,(H,19,23). The molecule has 5 heteroatoms. The summed E-state index contributed by atoms with van der Waals surface area (Å²) in [6.45, 7) is 6.25. The molecule has 1 aromatic carbocycles. The van der Waals surface area contributed by atoms with Crippen LogP contribution >= 0.6 is 0 Å². The molecule has 0 bridgehead atoms. The largest absolute Gasteiger partial charge is 0.355 e. The van der Waals surface area contributed by atoms with Gasteiger partial charge < -0.3 is 10.2 Å². The lowest BCUT2D eigenvalue weighted by atomic mass is 10.0. The number of aromatic nitrogens is 2. The van der Waals surface area contributed by atoms with E-state index in [9.17, 15) is 4.79 Å². The first-order valence-corrected chi connectivity index (χ1v) is 8.08. The molecule has 1 N–H and O–H groups in total. The normalized spacial score (nSPS) is 17.8. The van der Waals surface area contributed by atoms with Crippen LogP contribution in [-0.2, 0) is 0 Å². The highest BCUT2D eigenvalue weighted by molar-refractivity contribution is 6.02. The fraction of sp³-hybridized carbons (Fsp3) is 0.389. The number of benzene rings is 1. The summed E-state index contributed by atoms with van der Waals surface area (Å²) in [5.41, 5.74) is 2.20. The van der Waals surface area contributed by atoms with Crippen molar-refractivity contribution in [1.29, 1.82) is 0 Å². The summed E-state index contributed by atoms with van der Waals surface area (Å²) >= 11 is 0. The van der Waals surface area contributed by atoms with Gasteiger partial charge in [-0.1, -0.05) is 19.1 Å². The van der Waals surface area contributed by atoms with Gasteiger partial charge >= 0.3 is 0 Å². The third-order valence-corrected chi connectivity index (χ3v) is 4.14. The second kappa shape index (κ2) is 6.77. The summed E-state index contributed by atoms with van der Waals surface area (Å²) in [5, 5.41) is 11.2. The molecule has 0 spiro atoms. The molecule has 1 aromatic heterocycles. The van der Waals surface area contributed by atoms with Crippen molar-refractivity contribution in [1.82, 2.24) is 10.2 Å². The molecule has 1 unspecified atom stereocenters. The molecule has 1 aliphatic rings. The predicted molar refractivity (Wildman–Crippen MR) is 91.8 cm³/mol. The maximum atomic E-state index is 12.2. The van der Waals surface area contributed by atoms with Crippen molar-refractivity contribution < 1.29 is 4.79 Å². The predicted octanol–water partition coefficient (Wildman–Crippen LogP) is 3.27. The van der Waals surface area contributed by atoms with Crippen LogP contribution in [0.15, 0.2) is 36.4 Å². The number of carbonyl (C=O) groups excluding carboxylic acids is 1. The molecule has 3 rings (SSSR count). The van der Waals surface area contributed by atoms with E-state index in [0.29, 0.717) is 11.6 Å². The van der Waals surface area contributed by atoms with Gasteiger partial charge in [0.05, 0.1) is 0 Å². The second-order valence-electron chi connectivity index (χ2n) is 6.29. The van der Waals surface area contributed by atoms with Crippen LogP contribution in [0.1, 0.15) is 35.8 Å². The number of piperidine rings is 1. The molecule has 1 amide bonds. The zero-order valence-electron chi connectivity index (χ0n) is 13.6. The lowest BCUT2D eigenvalue weighted by Crippen LogP contribution is -2.35. The Hall–Kier alpha value is -2.43. The molecule has 1 fully saturated rings. The minimum absolute atomic E-state index is 0.235. The van der Waals surface area contributed by atoms with Crippen molar-refractivity contribution in [2.45, 2.75) is 26.7 Å². The van der Waals surface area contributed by atoms with Crippen LogP contribution in [0.4, 0.5) is 11.5 Å². The molecule has 23 heavy (non-hydrogen) atoms. The number of hydrogen-bond donors (Lipinski definition) is 1. The summed E-state index contributed by atoms with van der Waals surface area (Å²) in [6, 6.07) is 11.3. The van der Waals surface area contributed by atoms with Crippen molar-refractivity contribution in [3.63, 3.8) is 0 Å². The van der Waals surface area contributed by atoms with Gasteiger partial charge in [0.15, 0.2) is 11.5 Å².